The lowest BCUT2D eigenvalue weighted by Gasteiger charge is -2.11. The highest BCUT2D eigenvalue weighted by Gasteiger charge is 2.04. The minimum absolute atomic E-state index is 0. The number of hydrogen-bond donors (Lipinski definition) is 0. The van der Waals surface area contributed by atoms with Crippen LogP contribution in [-0.2, 0) is 6.42 Å². The average molecular weight is 435 g/mol. The number of benzene rings is 2. The molecule has 5 heteroatoms. The highest BCUT2D eigenvalue weighted by atomic mass is 35.5. The fourth-order valence-electron chi connectivity index (χ4n) is 3.28. The molecule has 0 saturated carbocycles. The Morgan fingerprint density at radius 2 is 1.84 bits per heavy atom. The molecule has 0 spiro atoms. The van der Waals surface area contributed by atoms with Crippen molar-refractivity contribution in [1.29, 1.82) is 0 Å². The van der Waals surface area contributed by atoms with Gasteiger partial charge in [-0.2, -0.15) is 0 Å². The molecule has 0 saturated heterocycles. The van der Waals surface area contributed by atoms with Crippen molar-refractivity contribution in [1.82, 2.24) is 4.98 Å². The van der Waals surface area contributed by atoms with Gasteiger partial charge >= 0.3 is 0 Å². The first-order chi connectivity index (χ1) is 14.7. The second kappa shape index (κ2) is 10.7. The summed E-state index contributed by atoms with van der Waals surface area (Å²) in [7, 11) is 4.08. The molecule has 0 fully saturated rings. The van der Waals surface area contributed by atoms with E-state index in [0.717, 1.165) is 40.9 Å². The quantitative estimate of drug-likeness (QED) is 0.297. The van der Waals surface area contributed by atoms with Crippen molar-refractivity contribution in [3.05, 3.63) is 89.9 Å². The zero-order chi connectivity index (χ0) is 20.8. The maximum atomic E-state index is 5.98. The monoisotopic (exact) mass is 434 g/mol. The van der Waals surface area contributed by atoms with E-state index >= 15 is 0 Å². The van der Waals surface area contributed by atoms with Gasteiger partial charge in [0.25, 0.3) is 0 Å². The Morgan fingerprint density at radius 1 is 1.00 bits per heavy atom. The van der Waals surface area contributed by atoms with Crippen LogP contribution in [0.3, 0.4) is 0 Å². The first-order valence-corrected chi connectivity index (χ1v) is 10.2. The molecule has 0 atom stereocenters. The van der Waals surface area contributed by atoms with E-state index in [2.05, 4.69) is 46.3 Å². The third kappa shape index (κ3) is 6.12. The molecular weight excluding hydrogens is 408 g/mol. The van der Waals surface area contributed by atoms with Crippen LogP contribution < -0.4 is 9.64 Å². The Morgan fingerprint density at radius 3 is 2.58 bits per heavy atom. The zero-order valence-electron chi connectivity index (χ0n) is 17.8. The molecule has 0 amide bonds. The van der Waals surface area contributed by atoms with E-state index in [1.807, 2.05) is 56.7 Å². The SMILES string of the molecule is CN(C)c1ccc(/C=C/c2cc3ccc(OCCCc4cccnc4)cc3o2)cc1.Cl. The molecule has 0 bridgehead atoms. The standard InChI is InChI=1S/C26H26N2O2.ClH/c1-28(2)23-11-7-20(8-12-23)9-13-25-17-22-10-14-24(18-26(22)30-25)29-16-4-6-21-5-3-15-27-19-21;/h3,5,7-15,17-19H,4,6,16H2,1-2H3;1H/b13-9+;. The lowest BCUT2D eigenvalue weighted by atomic mass is 10.1. The van der Waals surface area contributed by atoms with E-state index in [0.29, 0.717) is 6.61 Å². The Kier molecular flexibility index (Phi) is 7.74. The van der Waals surface area contributed by atoms with Crippen molar-refractivity contribution < 1.29 is 9.15 Å². The van der Waals surface area contributed by atoms with Crippen molar-refractivity contribution >= 4 is 41.2 Å². The van der Waals surface area contributed by atoms with E-state index in [4.69, 9.17) is 9.15 Å². The Balaban J connectivity index is 0.00000272. The number of anilines is 1. The van der Waals surface area contributed by atoms with Crippen molar-refractivity contribution in [2.45, 2.75) is 12.8 Å². The number of furan rings is 1. The summed E-state index contributed by atoms with van der Waals surface area (Å²) in [6.45, 7) is 0.664. The zero-order valence-corrected chi connectivity index (χ0v) is 18.6. The molecule has 0 aliphatic carbocycles. The summed E-state index contributed by atoms with van der Waals surface area (Å²) in [6.07, 6.45) is 9.67. The number of aromatic nitrogens is 1. The summed E-state index contributed by atoms with van der Waals surface area (Å²) in [5.41, 5.74) is 4.39. The maximum Gasteiger partial charge on any atom is 0.138 e. The van der Waals surface area contributed by atoms with Gasteiger partial charge in [-0.3, -0.25) is 4.98 Å². The van der Waals surface area contributed by atoms with Gasteiger partial charge in [-0.15, -0.1) is 12.4 Å². The summed E-state index contributed by atoms with van der Waals surface area (Å²) < 4.78 is 11.9. The number of rotatable bonds is 8. The van der Waals surface area contributed by atoms with Crippen LogP contribution in [0.2, 0.25) is 0 Å². The van der Waals surface area contributed by atoms with E-state index in [1.165, 1.54) is 11.3 Å². The average Bonchev–Trinajstić information content (AvgIpc) is 3.18. The van der Waals surface area contributed by atoms with Gasteiger partial charge in [-0.1, -0.05) is 24.3 Å². The molecule has 0 unspecified atom stereocenters. The predicted molar refractivity (Wildman–Crippen MR) is 131 cm³/mol. The van der Waals surface area contributed by atoms with Crippen LogP contribution in [0.1, 0.15) is 23.3 Å². The molecule has 160 valence electrons. The fourth-order valence-corrected chi connectivity index (χ4v) is 3.28. The molecule has 0 aliphatic rings. The van der Waals surface area contributed by atoms with E-state index in [1.54, 1.807) is 6.20 Å². The van der Waals surface area contributed by atoms with Crippen molar-refractivity contribution in [3.63, 3.8) is 0 Å². The van der Waals surface area contributed by atoms with Crippen molar-refractivity contribution in [3.8, 4) is 5.75 Å². The molecule has 4 aromatic rings. The van der Waals surface area contributed by atoms with Crippen LogP contribution in [-0.4, -0.2) is 25.7 Å². The first-order valence-electron chi connectivity index (χ1n) is 10.2. The summed E-state index contributed by atoms with van der Waals surface area (Å²) in [5.74, 6) is 1.66. The van der Waals surface area contributed by atoms with Gasteiger partial charge in [0.05, 0.1) is 6.61 Å². The number of aryl methyl sites for hydroxylation is 1. The number of hydrogen-bond acceptors (Lipinski definition) is 4. The van der Waals surface area contributed by atoms with E-state index in [9.17, 15) is 0 Å². The van der Waals surface area contributed by atoms with E-state index < -0.39 is 0 Å². The summed E-state index contributed by atoms with van der Waals surface area (Å²) in [4.78, 5) is 6.23. The lowest BCUT2D eigenvalue weighted by Crippen LogP contribution is -2.07. The maximum absolute atomic E-state index is 5.98. The number of nitrogens with zero attached hydrogens (tertiary/aromatic N) is 2. The van der Waals surface area contributed by atoms with Gasteiger partial charge < -0.3 is 14.1 Å². The summed E-state index contributed by atoms with van der Waals surface area (Å²) in [5, 5.41) is 1.07. The highest BCUT2D eigenvalue weighted by molar-refractivity contribution is 5.85. The molecule has 0 aliphatic heterocycles. The summed E-state index contributed by atoms with van der Waals surface area (Å²) in [6, 6.07) is 20.5. The molecule has 4 nitrogen and oxygen atoms in total. The Bertz CT molecular complexity index is 1120. The normalized spacial score (nSPS) is 10.9. The van der Waals surface area contributed by atoms with Crippen LogP contribution in [0.15, 0.2) is 77.5 Å². The first kappa shape index (κ1) is 22.4. The van der Waals surface area contributed by atoms with Gasteiger partial charge in [0.15, 0.2) is 0 Å². The molecule has 4 rings (SSSR count). The van der Waals surface area contributed by atoms with Crippen molar-refractivity contribution in [2.75, 3.05) is 25.6 Å². The van der Waals surface area contributed by atoms with Crippen LogP contribution in [0, 0.1) is 0 Å². The highest BCUT2D eigenvalue weighted by Crippen LogP contribution is 2.26. The van der Waals surface area contributed by atoms with E-state index in [-0.39, 0.29) is 12.4 Å². The third-order valence-electron chi connectivity index (χ3n) is 4.96. The van der Waals surface area contributed by atoms with Gasteiger partial charge in [-0.05, 0) is 66.4 Å². The lowest BCUT2D eigenvalue weighted by molar-refractivity contribution is 0.311. The molecule has 2 aromatic carbocycles. The minimum atomic E-state index is 0. The summed E-state index contributed by atoms with van der Waals surface area (Å²) >= 11 is 0. The van der Waals surface area contributed by atoms with Gasteiger partial charge in [0, 0.05) is 43.6 Å². The van der Waals surface area contributed by atoms with Crippen LogP contribution in [0.25, 0.3) is 23.1 Å². The predicted octanol–water partition coefficient (Wildman–Crippen LogP) is 6.50. The topological polar surface area (TPSA) is 38.5 Å². The smallest absolute Gasteiger partial charge is 0.138 e. The second-order valence-electron chi connectivity index (χ2n) is 7.48. The fraction of sp³-hybridized carbons (Fsp3) is 0.192. The third-order valence-corrected chi connectivity index (χ3v) is 4.96. The van der Waals surface area contributed by atoms with Gasteiger partial charge in [-0.25, -0.2) is 0 Å². The second-order valence-corrected chi connectivity index (χ2v) is 7.48. The van der Waals surface area contributed by atoms with Crippen molar-refractivity contribution in [2.24, 2.45) is 0 Å². The Labute approximate surface area is 189 Å². The number of ether oxygens (including phenoxy) is 1. The Hall–Kier alpha value is -3.24. The molecular formula is C26H27ClN2O2. The van der Waals surface area contributed by atoms with Gasteiger partial charge in [0.1, 0.15) is 17.1 Å². The molecule has 0 N–H and O–H groups in total. The molecule has 0 radical (unpaired) electrons. The van der Waals surface area contributed by atoms with Gasteiger partial charge in [0.2, 0.25) is 0 Å². The molecule has 2 aromatic heterocycles. The van der Waals surface area contributed by atoms with Crippen LogP contribution in [0.5, 0.6) is 5.75 Å². The number of halogens is 1. The number of fused-ring (bicyclic) bond motifs is 1. The van der Waals surface area contributed by atoms with Crippen LogP contribution >= 0.6 is 12.4 Å². The molecule has 2 heterocycles. The minimum Gasteiger partial charge on any atom is -0.493 e. The number of pyridine rings is 1. The largest absolute Gasteiger partial charge is 0.493 e. The van der Waals surface area contributed by atoms with Crippen LogP contribution in [0.4, 0.5) is 5.69 Å². The molecule has 31 heavy (non-hydrogen) atoms.